The minimum atomic E-state index is -0.611. The van der Waals surface area contributed by atoms with Gasteiger partial charge in [0.2, 0.25) is 0 Å². The third kappa shape index (κ3) is 3.91. The minimum absolute atomic E-state index is 0.121. The van der Waals surface area contributed by atoms with Gasteiger partial charge in [-0.15, -0.1) is 0 Å². The van der Waals surface area contributed by atoms with Gasteiger partial charge in [0.05, 0.1) is 12.1 Å². The fourth-order valence-corrected chi connectivity index (χ4v) is 2.12. The van der Waals surface area contributed by atoms with Gasteiger partial charge in [-0.3, -0.25) is 4.79 Å². The van der Waals surface area contributed by atoms with Crippen LogP contribution < -0.4 is 11.3 Å². The van der Waals surface area contributed by atoms with Crippen molar-refractivity contribution in [2.45, 2.75) is 39.3 Å². The molecule has 1 unspecified atom stereocenters. The second-order valence-electron chi connectivity index (χ2n) is 4.55. The summed E-state index contributed by atoms with van der Waals surface area (Å²) in [6, 6.07) is 3.23. The highest BCUT2D eigenvalue weighted by molar-refractivity contribution is 5.28. The average Bonchev–Trinajstić information content (AvgIpc) is 2.42. The number of fused-ring (bicyclic) bond motifs is 1. The molecule has 0 fully saturated rings. The number of likely N-dealkylation sites (N-methyl/N-ethyl adjacent to an activating group) is 1. The first-order chi connectivity index (χ1) is 9.10. The van der Waals surface area contributed by atoms with E-state index in [1.54, 1.807) is 0 Å². The van der Waals surface area contributed by atoms with Crippen LogP contribution in [0.25, 0.3) is 0 Å². The Balaban J connectivity index is 0.000000861. The van der Waals surface area contributed by atoms with Crippen molar-refractivity contribution in [2.75, 3.05) is 13.6 Å². The summed E-state index contributed by atoms with van der Waals surface area (Å²) >= 11 is 0. The van der Waals surface area contributed by atoms with Gasteiger partial charge in [-0.25, -0.2) is 0 Å². The fraction of sp³-hybridized carbons (Fsp3) is 0.571. The molecule has 2 heterocycles. The number of nitrogens with zero attached hydrogens (tertiary/aromatic N) is 2. The Morgan fingerprint density at radius 2 is 2.26 bits per heavy atom. The Bertz CT molecular complexity index is 515. The predicted molar refractivity (Wildman–Crippen MR) is 75.7 cm³/mol. The van der Waals surface area contributed by atoms with Crippen LogP contribution in [0.4, 0.5) is 0 Å². The monoisotopic (exact) mass is 262 g/mol. The van der Waals surface area contributed by atoms with Crippen LogP contribution in [0.2, 0.25) is 0 Å². The Kier molecular flexibility index (Phi) is 5.74. The van der Waals surface area contributed by atoms with Gasteiger partial charge in [0.15, 0.2) is 0 Å². The molecule has 2 rings (SSSR count). The summed E-state index contributed by atoms with van der Waals surface area (Å²) in [5.74, 6) is 0. The third-order valence-corrected chi connectivity index (χ3v) is 3.09. The summed E-state index contributed by atoms with van der Waals surface area (Å²) in [7, 11) is 2.03. The number of hydrogen-bond donors (Lipinski definition) is 2. The molecule has 5 nitrogen and oxygen atoms in total. The van der Waals surface area contributed by atoms with E-state index in [9.17, 15) is 4.79 Å². The van der Waals surface area contributed by atoms with Crippen molar-refractivity contribution in [2.24, 2.45) is 5.73 Å². The van der Waals surface area contributed by atoms with Crippen LogP contribution in [-0.4, -0.2) is 29.5 Å². The maximum absolute atomic E-state index is 11.8. The summed E-state index contributed by atoms with van der Waals surface area (Å²) in [6.45, 7) is 5.76. The first-order valence-corrected chi connectivity index (χ1v) is 6.68. The molecule has 0 saturated heterocycles. The number of nitriles is 1. The van der Waals surface area contributed by atoms with Crippen LogP contribution in [-0.2, 0) is 19.4 Å². The standard InChI is InChI=1S/C12H16N4O.C2H6/c1-16-3-2-8-4-9(5-10(14)6-13)12(17)15-11(8)7-16;1-2/h4,10H,2-3,5,7,14H2,1H3,(H,15,17);1-2H3. The topological polar surface area (TPSA) is 85.9 Å². The molecule has 1 aliphatic heterocycles. The van der Waals surface area contributed by atoms with Crippen LogP contribution in [0.3, 0.4) is 0 Å². The van der Waals surface area contributed by atoms with Crippen LogP contribution in [0, 0.1) is 11.3 Å². The number of aromatic amines is 1. The van der Waals surface area contributed by atoms with Crippen molar-refractivity contribution in [3.8, 4) is 6.07 Å². The Labute approximate surface area is 114 Å². The molecule has 0 amide bonds. The summed E-state index contributed by atoms with van der Waals surface area (Å²) in [6.07, 6.45) is 1.24. The lowest BCUT2D eigenvalue weighted by Gasteiger charge is -2.24. The molecule has 5 heteroatoms. The number of rotatable bonds is 2. The molecule has 0 aromatic carbocycles. The maximum atomic E-state index is 11.8. The molecule has 3 N–H and O–H groups in total. The van der Waals surface area contributed by atoms with Crippen molar-refractivity contribution in [3.63, 3.8) is 0 Å². The second kappa shape index (κ2) is 7.07. The van der Waals surface area contributed by atoms with E-state index >= 15 is 0 Å². The number of aromatic nitrogens is 1. The molecule has 104 valence electrons. The summed E-state index contributed by atoms with van der Waals surface area (Å²) in [5, 5.41) is 8.67. The van der Waals surface area contributed by atoms with Crippen molar-refractivity contribution >= 4 is 0 Å². The number of nitrogens with two attached hydrogens (primary N) is 1. The van der Waals surface area contributed by atoms with Crippen molar-refractivity contribution in [1.82, 2.24) is 9.88 Å². The van der Waals surface area contributed by atoms with Gasteiger partial charge in [-0.2, -0.15) is 5.26 Å². The van der Waals surface area contributed by atoms with E-state index in [4.69, 9.17) is 11.0 Å². The van der Waals surface area contributed by atoms with E-state index in [1.807, 2.05) is 33.0 Å². The van der Waals surface area contributed by atoms with Gasteiger partial charge in [-0.05, 0) is 25.1 Å². The SMILES string of the molecule is CC.CN1CCc2cc(CC(N)C#N)c(=O)[nH]c2C1. The van der Waals surface area contributed by atoms with E-state index in [0.717, 1.165) is 25.2 Å². The van der Waals surface area contributed by atoms with Gasteiger partial charge in [0, 0.05) is 30.8 Å². The zero-order valence-corrected chi connectivity index (χ0v) is 11.9. The summed E-state index contributed by atoms with van der Waals surface area (Å²) < 4.78 is 0. The van der Waals surface area contributed by atoms with E-state index in [0.29, 0.717) is 12.0 Å². The normalized spacial score (nSPS) is 15.7. The zero-order valence-electron chi connectivity index (χ0n) is 11.9. The summed E-state index contributed by atoms with van der Waals surface area (Å²) in [5.41, 5.74) is 8.20. The van der Waals surface area contributed by atoms with E-state index in [2.05, 4.69) is 9.88 Å². The molecule has 19 heavy (non-hydrogen) atoms. The molecular formula is C14H22N4O. The molecule has 0 spiro atoms. The van der Waals surface area contributed by atoms with Crippen molar-refractivity contribution in [3.05, 3.63) is 33.2 Å². The molecule has 1 aromatic heterocycles. The molecule has 1 aromatic rings. The Morgan fingerprint density at radius 1 is 1.58 bits per heavy atom. The van der Waals surface area contributed by atoms with Gasteiger partial charge < -0.3 is 15.6 Å². The second-order valence-corrected chi connectivity index (χ2v) is 4.55. The summed E-state index contributed by atoms with van der Waals surface area (Å²) in [4.78, 5) is 16.9. The highest BCUT2D eigenvalue weighted by atomic mass is 16.1. The molecule has 1 atom stereocenters. The van der Waals surface area contributed by atoms with Crippen LogP contribution >= 0.6 is 0 Å². The van der Waals surface area contributed by atoms with Gasteiger partial charge in [0.25, 0.3) is 5.56 Å². The molecular weight excluding hydrogens is 240 g/mol. The number of nitrogens with one attached hydrogen (secondary N) is 1. The molecule has 0 aliphatic carbocycles. The van der Waals surface area contributed by atoms with E-state index in [-0.39, 0.29) is 5.56 Å². The molecule has 0 radical (unpaired) electrons. The smallest absolute Gasteiger partial charge is 0.251 e. The van der Waals surface area contributed by atoms with Crippen LogP contribution in [0.1, 0.15) is 30.7 Å². The van der Waals surface area contributed by atoms with E-state index in [1.165, 1.54) is 5.56 Å². The highest BCUT2D eigenvalue weighted by Gasteiger charge is 2.16. The minimum Gasteiger partial charge on any atom is -0.324 e. The lowest BCUT2D eigenvalue weighted by Crippen LogP contribution is -2.32. The number of pyridine rings is 1. The van der Waals surface area contributed by atoms with Crippen molar-refractivity contribution in [1.29, 1.82) is 5.26 Å². The van der Waals surface area contributed by atoms with Crippen molar-refractivity contribution < 1.29 is 0 Å². The first kappa shape index (κ1) is 15.4. The highest BCUT2D eigenvalue weighted by Crippen LogP contribution is 2.15. The quantitative estimate of drug-likeness (QED) is 0.824. The largest absolute Gasteiger partial charge is 0.324 e. The Hall–Kier alpha value is -1.64. The average molecular weight is 262 g/mol. The van der Waals surface area contributed by atoms with Gasteiger partial charge in [0.1, 0.15) is 0 Å². The first-order valence-electron chi connectivity index (χ1n) is 6.68. The van der Waals surface area contributed by atoms with Gasteiger partial charge in [-0.1, -0.05) is 13.8 Å². The van der Waals surface area contributed by atoms with Crippen LogP contribution in [0.5, 0.6) is 0 Å². The van der Waals surface area contributed by atoms with E-state index < -0.39 is 6.04 Å². The Morgan fingerprint density at radius 3 is 2.89 bits per heavy atom. The number of H-pyrrole nitrogens is 1. The molecule has 0 saturated carbocycles. The number of hydrogen-bond acceptors (Lipinski definition) is 4. The van der Waals surface area contributed by atoms with Gasteiger partial charge >= 0.3 is 0 Å². The maximum Gasteiger partial charge on any atom is 0.251 e. The predicted octanol–water partition coefficient (Wildman–Crippen LogP) is 0.782. The zero-order chi connectivity index (χ0) is 14.4. The molecule has 1 aliphatic rings. The lowest BCUT2D eigenvalue weighted by molar-refractivity contribution is 0.307. The van der Waals surface area contributed by atoms with Crippen LogP contribution in [0.15, 0.2) is 10.9 Å². The molecule has 0 bridgehead atoms. The third-order valence-electron chi connectivity index (χ3n) is 3.09. The fourth-order valence-electron chi connectivity index (χ4n) is 2.12. The lowest BCUT2D eigenvalue weighted by atomic mass is 10.0.